The molecule has 0 spiro atoms. The van der Waals surface area contributed by atoms with Gasteiger partial charge in [-0.2, -0.15) is 0 Å². The number of nitrogens with zero attached hydrogens (tertiary/aromatic N) is 2. The van der Waals surface area contributed by atoms with Gasteiger partial charge in [0, 0.05) is 25.7 Å². The Morgan fingerprint density at radius 2 is 1.84 bits per heavy atom. The van der Waals surface area contributed by atoms with Crippen LogP contribution in [0.25, 0.3) is 0 Å². The number of hydrogen-bond donors (Lipinski definition) is 0. The molecule has 1 aliphatic rings. The van der Waals surface area contributed by atoms with Crippen LogP contribution in [0.15, 0.2) is 24.3 Å². The first-order valence-corrected chi connectivity index (χ1v) is 9.06. The van der Waals surface area contributed by atoms with E-state index in [2.05, 4.69) is 25.7 Å². The van der Waals surface area contributed by atoms with Gasteiger partial charge in [-0.25, -0.2) is 9.18 Å². The predicted molar refractivity (Wildman–Crippen MR) is 98.0 cm³/mol. The number of benzene rings is 1. The van der Waals surface area contributed by atoms with Gasteiger partial charge in [-0.15, -0.1) is 0 Å². The number of carbonyl (C=O) groups excluding carboxylic acids is 1. The summed E-state index contributed by atoms with van der Waals surface area (Å²) in [6.45, 7) is 14.4. The molecule has 1 fully saturated rings. The van der Waals surface area contributed by atoms with Crippen LogP contribution < -0.4 is 0 Å². The van der Waals surface area contributed by atoms with Gasteiger partial charge in [-0.05, 0) is 51.3 Å². The van der Waals surface area contributed by atoms with Crippen molar-refractivity contribution in [2.45, 2.75) is 59.2 Å². The highest BCUT2D eigenvalue weighted by molar-refractivity contribution is 5.69. The Balaban J connectivity index is 2.28. The second kappa shape index (κ2) is 7.73. The van der Waals surface area contributed by atoms with Crippen LogP contribution in [-0.2, 0) is 4.74 Å². The SMILES string of the molecule is CC(C)CN1C[C@@H](c2ccc(F)cc2)N(C(=O)OC(C)(C)C)C[C@@H]1C. The lowest BCUT2D eigenvalue weighted by Crippen LogP contribution is -2.56. The third-order valence-electron chi connectivity index (χ3n) is 4.35. The molecule has 1 aliphatic heterocycles. The van der Waals surface area contributed by atoms with E-state index in [0.29, 0.717) is 12.5 Å². The highest BCUT2D eigenvalue weighted by atomic mass is 19.1. The highest BCUT2D eigenvalue weighted by Crippen LogP contribution is 2.30. The summed E-state index contributed by atoms with van der Waals surface area (Å²) in [5.41, 5.74) is 0.399. The minimum absolute atomic E-state index is 0.134. The van der Waals surface area contributed by atoms with Crippen molar-refractivity contribution in [1.82, 2.24) is 9.80 Å². The van der Waals surface area contributed by atoms with E-state index in [4.69, 9.17) is 4.74 Å². The maximum absolute atomic E-state index is 13.3. The summed E-state index contributed by atoms with van der Waals surface area (Å²) in [5, 5.41) is 0. The smallest absolute Gasteiger partial charge is 0.410 e. The zero-order valence-corrected chi connectivity index (χ0v) is 16.3. The van der Waals surface area contributed by atoms with Gasteiger partial charge in [0.25, 0.3) is 0 Å². The molecule has 5 heteroatoms. The van der Waals surface area contributed by atoms with Crippen LogP contribution >= 0.6 is 0 Å². The lowest BCUT2D eigenvalue weighted by Gasteiger charge is -2.46. The number of carbonyl (C=O) groups is 1. The molecule has 4 nitrogen and oxygen atoms in total. The summed E-state index contributed by atoms with van der Waals surface area (Å²) >= 11 is 0. The second-order valence-corrected chi connectivity index (χ2v) is 8.40. The van der Waals surface area contributed by atoms with Gasteiger partial charge in [0.2, 0.25) is 0 Å². The molecule has 0 bridgehead atoms. The van der Waals surface area contributed by atoms with Crippen LogP contribution in [-0.4, -0.2) is 47.2 Å². The van der Waals surface area contributed by atoms with E-state index in [9.17, 15) is 9.18 Å². The first-order chi connectivity index (χ1) is 11.6. The van der Waals surface area contributed by atoms with Crippen LogP contribution in [0.4, 0.5) is 9.18 Å². The predicted octanol–water partition coefficient (Wildman–Crippen LogP) is 4.46. The van der Waals surface area contributed by atoms with Crippen LogP contribution in [0.2, 0.25) is 0 Å². The van der Waals surface area contributed by atoms with E-state index in [1.165, 1.54) is 12.1 Å². The molecule has 0 saturated carbocycles. The van der Waals surface area contributed by atoms with E-state index in [1.54, 1.807) is 17.0 Å². The quantitative estimate of drug-likeness (QED) is 0.807. The average Bonchev–Trinajstić information content (AvgIpc) is 2.47. The molecule has 0 aliphatic carbocycles. The zero-order chi connectivity index (χ0) is 18.8. The molecule has 1 amide bonds. The number of piperazine rings is 1. The average molecular weight is 350 g/mol. The Kier molecular flexibility index (Phi) is 6.09. The van der Waals surface area contributed by atoms with Crippen LogP contribution in [0.3, 0.4) is 0 Å². The fourth-order valence-electron chi connectivity index (χ4n) is 3.24. The van der Waals surface area contributed by atoms with Gasteiger partial charge < -0.3 is 4.74 Å². The third-order valence-corrected chi connectivity index (χ3v) is 4.35. The number of hydrogen-bond acceptors (Lipinski definition) is 3. The van der Waals surface area contributed by atoms with E-state index >= 15 is 0 Å². The van der Waals surface area contributed by atoms with Crippen LogP contribution in [0, 0.1) is 11.7 Å². The summed E-state index contributed by atoms with van der Waals surface area (Å²) in [4.78, 5) is 16.9. The van der Waals surface area contributed by atoms with Gasteiger partial charge in [-0.3, -0.25) is 9.80 Å². The molecular formula is C20H31FN2O2. The maximum atomic E-state index is 13.3. The molecule has 2 rings (SSSR count). The molecular weight excluding hydrogens is 319 g/mol. The number of ether oxygens (including phenoxy) is 1. The monoisotopic (exact) mass is 350 g/mol. The van der Waals surface area contributed by atoms with Crippen molar-refractivity contribution in [3.05, 3.63) is 35.6 Å². The normalized spacial score (nSPS) is 22.3. The molecule has 0 unspecified atom stereocenters. The van der Waals surface area contributed by atoms with E-state index < -0.39 is 5.60 Å². The van der Waals surface area contributed by atoms with Crippen molar-refractivity contribution in [2.75, 3.05) is 19.6 Å². The molecule has 0 N–H and O–H groups in total. The van der Waals surface area contributed by atoms with Gasteiger partial charge in [0.15, 0.2) is 0 Å². The summed E-state index contributed by atoms with van der Waals surface area (Å²) in [5.74, 6) is 0.278. The summed E-state index contributed by atoms with van der Waals surface area (Å²) in [7, 11) is 0. The van der Waals surface area contributed by atoms with Crippen molar-refractivity contribution in [1.29, 1.82) is 0 Å². The molecule has 2 atom stereocenters. The molecule has 140 valence electrons. The topological polar surface area (TPSA) is 32.8 Å². The first-order valence-electron chi connectivity index (χ1n) is 9.06. The molecule has 0 radical (unpaired) electrons. The Morgan fingerprint density at radius 3 is 2.36 bits per heavy atom. The Morgan fingerprint density at radius 1 is 1.24 bits per heavy atom. The van der Waals surface area contributed by atoms with Gasteiger partial charge in [-0.1, -0.05) is 26.0 Å². The second-order valence-electron chi connectivity index (χ2n) is 8.40. The van der Waals surface area contributed by atoms with Crippen LogP contribution in [0.1, 0.15) is 53.1 Å². The molecule has 1 aromatic carbocycles. The standard InChI is InChI=1S/C20H31FN2O2/c1-14(2)11-22-13-18(16-7-9-17(21)10-8-16)23(12-15(22)3)19(24)25-20(4,5)6/h7-10,14-15,18H,11-13H2,1-6H3/t15-,18-/m0/s1. The molecule has 25 heavy (non-hydrogen) atoms. The maximum Gasteiger partial charge on any atom is 0.410 e. The number of rotatable bonds is 3. The molecule has 1 saturated heterocycles. The Bertz CT molecular complexity index is 580. The van der Waals surface area contributed by atoms with Crippen molar-refractivity contribution in [3.63, 3.8) is 0 Å². The Labute approximate surface area is 150 Å². The van der Waals surface area contributed by atoms with Crippen LogP contribution in [0.5, 0.6) is 0 Å². The Hall–Kier alpha value is -1.62. The van der Waals surface area contributed by atoms with Gasteiger partial charge >= 0.3 is 6.09 Å². The van der Waals surface area contributed by atoms with E-state index in [1.807, 2.05) is 20.8 Å². The van der Waals surface area contributed by atoms with Crippen molar-refractivity contribution in [3.8, 4) is 0 Å². The molecule has 0 aromatic heterocycles. The first kappa shape index (κ1) is 19.7. The zero-order valence-electron chi connectivity index (χ0n) is 16.3. The van der Waals surface area contributed by atoms with Crippen molar-refractivity contribution in [2.24, 2.45) is 5.92 Å². The largest absolute Gasteiger partial charge is 0.444 e. The fourth-order valence-corrected chi connectivity index (χ4v) is 3.24. The number of halogens is 1. The molecule has 1 aromatic rings. The highest BCUT2D eigenvalue weighted by Gasteiger charge is 2.37. The summed E-state index contributed by atoms with van der Waals surface area (Å²) in [6, 6.07) is 6.56. The minimum Gasteiger partial charge on any atom is -0.444 e. The van der Waals surface area contributed by atoms with Gasteiger partial charge in [0.05, 0.1) is 6.04 Å². The van der Waals surface area contributed by atoms with Gasteiger partial charge in [0.1, 0.15) is 11.4 Å². The van der Waals surface area contributed by atoms with Crippen molar-refractivity contribution < 1.29 is 13.9 Å². The lowest BCUT2D eigenvalue weighted by molar-refractivity contribution is -0.0162. The lowest BCUT2D eigenvalue weighted by atomic mass is 9.99. The summed E-state index contributed by atoms with van der Waals surface area (Å²) < 4.78 is 18.9. The summed E-state index contributed by atoms with van der Waals surface area (Å²) in [6.07, 6.45) is -0.308. The molecule has 1 heterocycles. The van der Waals surface area contributed by atoms with E-state index in [-0.39, 0.29) is 24.0 Å². The van der Waals surface area contributed by atoms with E-state index in [0.717, 1.165) is 18.7 Å². The number of amides is 1. The minimum atomic E-state index is -0.539. The fraction of sp³-hybridized carbons (Fsp3) is 0.650. The third kappa shape index (κ3) is 5.43. The van der Waals surface area contributed by atoms with Crippen molar-refractivity contribution >= 4 is 6.09 Å².